The fourth-order valence-electron chi connectivity index (χ4n) is 2.24. The van der Waals surface area contributed by atoms with Crippen molar-refractivity contribution in [1.29, 1.82) is 0 Å². The Bertz CT molecular complexity index is 490. The van der Waals surface area contributed by atoms with Gasteiger partial charge in [0, 0.05) is 11.1 Å². The van der Waals surface area contributed by atoms with Gasteiger partial charge in [-0.1, -0.05) is 46.8 Å². The molecule has 0 aliphatic carbocycles. The Morgan fingerprint density at radius 3 is 2.26 bits per heavy atom. The van der Waals surface area contributed by atoms with Gasteiger partial charge in [-0.3, -0.25) is 0 Å². The number of hydrogen-bond donors (Lipinski definition) is 0. The van der Waals surface area contributed by atoms with Gasteiger partial charge in [0.05, 0.1) is 0 Å². The zero-order valence-corrected chi connectivity index (χ0v) is 12.0. The van der Waals surface area contributed by atoms with Gasteiger partial charge in [0.1, 0.15) is 0 Å². The minimum absolute atomic E-state index is 0.153. The van der Waals surface area contributed by atoms with Crippen LogP contribution in [0, 0.1) is 0 Å². The topological polar surface area (TPSA) is 18.5 Å². The van der Waals surface area contributed by atoms with E-state index in [1.807, 2.05) is 46.8 Å². The third-order valence-electron chi connectivity index (χ3n) is 3.54. The van der Waals surface area contributed by atoms with Gasteiger partial charge in [-0.2, -0.15) is 0 Å². The monoisotopic (exact) mass is 270 g/mol. The van der Waals surface area contributed by atoms with Gasteiger partial charge in [-0.05, 0) is 17.8 Å². The number of alkyl halides is 2. The molecule has 4 heteroatoms. The van der Waals surface area contributed by atoms with Crippen molar-refractivity contribution < 1.29 is 18.3 Å². The van der Waals surface area contributed by atoms with Gasteiger partial charge in [0.25, 0.3) is 0 Å². The Labute approximate surface area is 112 Å². The molecule has 1 atom stereocenters. The first-order chi connectivity index (χ1) is 8.65. The summed E-state index contributed by atoms with van der Waals surface area (Å²) in [6.07, 6.45) is -2.71. The first kappa shape index (κ1) is 14.1. The van der Waals surface area contributed by atoms with Gasteiger partial charge in [-0.25, -0.2) is 0 Å². The molecule has 2 rings (SSSR count). The molecule has 0 bridgehead atoms. The van der Waals surface area contributed by atoms with Crippen molar-refractivity contribution in [2.24, 2.45) is 0 Å². The highest BCUT2D eigenvalue weighted by atomic mass is 19.3. The van der Waals surface area contributed by atoms with E-state index in [0.29, 0.717) is 0 Å². The van der Waals surface area contributed by atoms with Crippen LogP contribution in [0.2, 0.25) is 0 Å². The van der Waals surface area contributed by atoms with Crippen molar-refractivity contribution in [3.8, 4) is 11.5 Å². The lowest BCUT2D eigenvalue weighted by Crippen LogP contribution is -2.26. The van der Waals surface area contributed by atoms with Crippen LogP contribution in [0.3, 0.4) is 0 Å². The molecule has 0 fully saturated rings. The lowest BCUT2D eigenvalue weighted by molar-refractivity contribution is -0.287. The van der Waals surface area contributed by atoms with Crippen LogP contribution in [-0.4, -0.2) is 6.29 Å². The quantitative estimate of drug-likeness (QED) is 0.767. The van der Waals surface area contributed by atoms with E-state index in [4.69, 9.17) is 9.47 Å². The van der Waals surface area contributed by atoms with E-state index >= 15 is 0 Å². The summed E-state index contributed by atoms with van der Waals surface area (Å²) in [7, 11) is 0. The van der Waals surface area contributed by atoms with Crippen LogP contribution in [0.15, 0.2) is 12.1 Å². The predicted molar refractivity (Wildman–Crippen MR) is 70.1 cm³/mol. The highest BCUT2D eigenvalue weighted by Crippen LogP contribution is 2.50. The molecule has 1 heterocycles. The fourth-order valence-corrected chi connectivity index (χ4v) is 2.24. The summed E-state index contributed by atoms with van der Waals surface area (Å²) in [5.41, 5.74) is 1.25. The number of halogens is 2. The number of fused-ring (bicyclic) bond motifs is 1. The zero-order valence-electron chi connectivity index (χ0n) is 12.0. The van der Waals surface area contributed by atoms with Crippen LogP contribution >= 0.6 is 0 Å². The van der Waals surface area contributed by atoms with Crippen LogP contribution in [0.1, 0.15) is 58.1 Å². The highest BCUT2D eigenvalue weighted by molar-refractivity contribution is 5.57. The number of hydrogen-bond acceptors (Lipinski definition) is 2. The van der Waals surface area contributed by atoms with Crippen LogP contribution in [0.25, 0.3) is 0 Å². The molecule has 1 aromatic rings. The number of rotatable bonds is 2. The Morgan fingerprint density at radius 1 is 1.16 bits per heavy atom. The summed E-state index contributed by atoms with van der Waals surface area (Å²) in [6, 6.07) is 3.74. The third kappa shape index (κ3) is 2.53. The average Bonchev–Trinajstić information content (AvgIpc) is 2.59. The first-order valence-corrected chi connectivity index (χ1v) is 6.59. The molecule has 106 valence electrons. The molecule has 0 spiro atoms. The van der Waals surface area contributed by atoms with Gasteiger partial charge < -0.3 is 9.47 Å². The fraction of sp³-hybridized carbons (Fsp3) is 0.600. The Kier molecular flexibility index (Phi) is 3.23. The largest absolute Gasteiger partial charge is 0.586 e. The standard InChI is InChI=1S/C15H20F2O2/c1-6-9(2)10-7-8-11(14(3,4)5)13-12(10)18-15(16,17)19-13/h7-9H,6H2,1-5H3. The van der Waals surface area contributed by atoms with Crippen molar-refractivity contribution in [3.05, 3.63) is 23.3 Å². The smallest absolute Gasteiger partial charge is 0.395 e. The van der Waals surface area contributed by atoms with Gasteiger partial charge in [0.2, 0.25) is 0 Å². The van der Waals surface area contributed by atoms with Gasteiger partial charge in [0.15, 0.2) is 11.5 Å². The summed E-state index contributed by atoms with van der Waals surface area (Å²) in [5.74, 6) is 0.544. The Morgan fingerprint density at radius 2 is 1.74 bits per heavy atom. The van der Waals surface area contributed by atoms with E-state index < -0.39 is 6.29 Å². The van der Waals surface area contributed by atoms with Crippen LogP contribution in [0.4, 0.5) is 8.78 Å². The molecule has 1 aliphatic rings. The normalized spacial score (nSPS) is 18.5. The maximum absolute atomic E-state index is 13.4. The summed E-state index contributed by atoms with van der Waals surface area (Å²) in [4.78, 5) is 0. The van der Waals surface area contributed by atoms with E-state index in [0.717, 1.165) is 17.5 Å². The van der Waals surface area contributed by atoms with E-state index in [9.17, 15) is 8.78 Å². The van der Waals surface area contributed by atoms with Crippen LogP contribution < -0.4 is 9.47 Å². The maximum Gasteiger partial charge on any atom is 0.586 e. The predicted octanol–water partition coefficient (Wildman–Crippen LogP) is 4.82. The SMILES string of the molecule is CCC(C)c1ccc(C(C)(C)C)c2c1OC(F)(F)O2. The van der Waals surface area contributed by atoms with Crippen molar-refractivity contribution >= 4 is 0 Å². The van der Waals surface area contributed by atoms with E-state index in [1.165, 1.54) is 0 Å². The molecule has 0 N–H and O–H groups in total. The van der Waals surface area contributed by atoms with Gasteiger partial charge >= 0.3 is 6.29 Å². The third-order valence-corrected chi connectivity index (χ3v) is 3.54. The average molecular weight is 270 g/mol. The second-order valence-electron chi connectivity index (χ2n) is 6.09. The summed E-state index contributed by atoms with van der Waals surface area (Å²) in [5, 5.41) is 0. The lowest BCUT2D eigenvalue weighted by Gasteiger charge is -2.22. The Hall–Kier alpha value is -1.32. The molecular weight excluding hydrogens is 250 g/mol. The molecule has 1 aromatic carbocycles. The molecule has 1 unspecified atom stereocenters. The molecule has 0 radical (unpaired) electrons. The lowest BCUT2D eigenvalue weighted by atomic mass is 9.84. The van der Waals surface area contributed by atoms with Gasteiger partial charge in [-0.15, -0.1) is 8.78 Å². The minimum atomic E-state index is -3.56. The second kappa shape index (κ2) is 4.36. The second-order valence-corrected chi connectivity index (χ2v) is 6.09. The summed E-state index contributed by atoms with van der Waals surface area (Å²) in [6.45, 7) is 9.90. The van der Waals surface area contributed by atoms with Crippen molar-refractivity contribution in [2.45, 2.75) is 58.7 Å². The minimum Gasteiger partial charge on any atom is -0.395 e. The van der Waals surface area contributed by atoms with Crippen molar-refractivity contribution in [3.63, 3.8) is 0 Å². The molecular formula is C15H20F2O2. The van der Waals surface area contributed by atoms with Crippen molar-refractivity contribution in [2.75, 3.05) is 0 Å². The Balaban J connectivity index is 2.59. The molecule has 19 heavy (non-hydrogen) atoms. The summed E-state index contributed by atoms with van der Waals surface area (Å²) >= 11 is 0. The molecule has 1 aliphatic heterocycles. The first-order valence-electron chi connectivity index (χ1n) is 6.59. The van der Waals surface area contributed by atoms with Crippen LogP contribution in [-0.2, 0) is 5.41 Å². The number of benzene rings is 1. The van der Waals surface area contributed by atoms with E-state index in [2.05, 4.69) is 0 Å². The molecule has 0 saturated heterocycles. The van der Waals surface area contributed by atoms with E-state index in [-0.39, 0.29) is 22.8 Å². The van der Waals surface area contributed by atoms with Crippen molar-refractivity contribution in [1.82, 2.24) is 0 Å². The molecule has 0 saturated carbocycles. The van der Waals surface area contributed by atoms with Crippen LogP contribution in [0.5, 0.6) is 11.5 Å². The highest BCUT2D eigenvalue weighted by Gasteiger charge is 2.47. The summed E-state index contributed by atoms with van der Waals surface area (Å²) < 4.78 is 36.3. The van der Waals surface area contributed by atoms with E-state index in [1.54, 1.807) is 0 Å². The molecule has 0 aromatic heterocycles. The molecule has 0 amide bonds. The maximum atomic E-state index is 13.4. The number of ether oxygens (including phenoxy) is 2. The molecule has 2 nitrogen and oxygen atoms in total. The zero-order chi connectivity index (χ0) is 14.4.